The maximum absolute atomic E-state index is 12.6. The van der Waals surface area contributed by atoms with Crippen LogP contribution in [0, 0.1) is 13.8 Å². The van der Waals surface area contributed by atoms with Gasteiger partial charge in [0.25, 0.3) is 5.91 Å². The first-order chi connectivity index (χ1) is 13.5. The van der Waals surface area contributed by atoms with Crippen molar-refractivity contribution < 1.29 is 9.21 Å². The van der Waals surface area contributed by atoms with E-state index in [9.17, 15) is 4.79 Å². The first-order valence-electron chi connectivity index (χ1n) is 9.49. The van der Waals surface area contributed by atoms with Crippen molar-refractivity contribution in [3.05, 3.63) is 75.0 Å². The van der Waals surface area contributed by atoms with Crippen molar-refractivity contribution in [2.45, 2.75) is 32.7 Å². The molecule has 1 amide bonds. The molecule has 0 spiro atoms. The number of rotatable bonds is 5. The van der Waals surface area contributed by atoms with E-state index in [1.54, 1.807) is 23.5 Å². The lowest BCUT2D eigenvalue weighted by Gasteiger charge is -2.29. The molecule has 3 heterocycles. The highest BCUT2D eigenvalue weighted by molar-refractivity contribution is 7.16. The molecule has 0 radical (unpaired) electrons. The maximum atomic E-state index is 12.6. The highest BCUT2D eigenvalue weighted by atomic mass is 35.5. The number of likely N-dealkylation sites (tertiary alicyclic amines) is 1. The Kier molecular flexibility index (Phi) is 5.58. The predicted octanol–water partition coefficient (Wildman–Crippen LogP) is 6.05. The summed E-state index contributed by atoms with van der Waals surface area (Å²) in [5, 5.41) is 4.71. The van der Waals surface area contributed by atoms with Crippen molar-refractivity contribution in [3.63, 3.8) is 0 Å². The molecule has 3 aromatic rings. The van der Waals surface area contributed by atoms with Gasteiger partial charge >= 0.3 is 0 Å². The van der Waals surface area contributed by atoms with Gasteiger partial charge in [0.15, 0.2) is 5.76 Å². The number of carbonyl (C=O) groups excluding carboxylic acids is 1. The minimum atomic E-state index is -0.219. The summed E-state index contributed by atoms with van der Waals surface area (Å²) in [5.74, 6) is 0.0997. The second-order valence-corrected chi connectivity index (χ2v) is 8.82. The number of nitrogens with zero attached hydrogens (tertiary/aromatic N) is 1. The fraction of sp³-hybridized carbons (Fsp3) is 0.318. The van der Waals surface area contributed by atoms with Crippen molar-refractivity contribution in [3.8, 4) is 0 Å². The van der Waals surface area contributed by atoms with Crippen LogP contribution in [0.25, 0.3) is 0 Å². The molecule has 0 unspecified atom stereocenters. The van der Waals surface area contributed by atoms with Gasteiger partial charge < -0.3 is 9.73 Å². The summed E-state index contributed by atoms with van der Waals surface area (Å²) in [6.45, 7) is 6.35. The lowest BCUT2D eigenvalue weighted by molar-refractivity contribution is 0.0997. The summed E-state index contributed by atoms with van der Waals surface area (Å²) in [6, 6.07) is 11.6. The number of benzene rings is 1. The minimum Gasteiger partial charge on any atom is -0.459 e. The van der Waals surface area contributed by atoms with E-state index in [-0.39, 0.29) is 11.9 Å². The standard InChI is InChI=1S/C22H23ClN2O2S/c1-14-15(2)28-22(24-21(26)18-6-5-13-27-18)19(14)20(25-11-3-4-12-25)16-7-9-17(23)10-8-16/h5-10,13,20H,3-4,11-12H2,1-2H3,(H,24,26)/t20-/m0/s1. The Morgan fingerprint density at radius 1 is 1.18 bits per heavy atom. The second kappa shape index (κ2) is 8.11. The summed E-state index contributed by atoms with van der Waals surface area (Å²) >= 11 is 7.76. The van der Waals surface area contributed by atoms with E-state index in [0.29, 0.717) is 5.76 Å². The lowest BCUT2D eigenvalue weighted by Crippen LogP contribution is -2.27. The normalized spacial score (nSPS) is 15.7. The van der Waals surface area contributed by atoms with E-state index in [1.165, 1.54) is 40.7 Å². The summed E-state index contributed by atoms with van der Waals surface area (Å²) in [6.07, 6.45) is 3.90. The van der Waals surface area contributed by atoms with Gasteiger partial charge in [-0.2, -0.15) is 0 Å². The van der Waals surface area contributed by atoms with Gasteiger partial charge in [0.1, 0.15) is 5.00 Å². The Balaban J connectivity index is 1.77. The van der Waals surface area contributed by atoms with Crippen molar-refractivity contribution in [1.29, 1.82) is 0 Å². The molecule has 0 bridgehead atoms. The van der Waals surface area contributed by atoms with E-state index in [0.717, 1.165) is 23.1 Å². The zero-order valence-corrected chi connectivity index (χ0v) is 17.6. The SMILES string of the molecule is Cc1sc(NC(=O)c2ccco2)c([C@H](c2ccc(Cl)cc2)N2CCCC2)c1C. The Morgan fingerprint density at radius 2 is 1.89 bits per heavy atom. The fourth-order valence-corrected chi connectivity index (χ4v) is 5.06. The Morgan fingerprint density at radius 3 is 2.54 bits per heavy atom. The molecule has 28 heavy (non-hydrogen) atoms. The van der Waals surface area contributed by atoms with Crippen LogP contribution in [0.3, 0.4) is 0 Å². The van der Waals surface area contributed by atoms with Gasteiger partial charge in [0.2, 0.25) is 0 Å². The number of thiophene rings is 1. The molecule has 4 nitrogen and oxygen atoms in total. The van der Waals surface area contributed by atoms with Crippen LogP contribution in [-0.2, 0) is 0 Å². The predicted molar refractivity (Wildman–Crippen MR) is 115 cm³/mol. The molecule has 146 valence electrons. The fourth-order valence-electron chi connectivity index (χ4n) is 3.84. The number of furan rings is 1. The molecule has 1 aromatic carbocycles. The van der Waals surface area contributed by atoms with Crippen molar-refractivity contribution in [2.24, 2.45) is 0 Å². The lowest BCUT2D eigenvalue weighted by atomic mass is 9.95. The number of hydrogen-bond acceptors (Lipinski definition) is 4. The smallest absolute Gasteiger partial charge is 0.291 e. The first kappa shape index (κ1) is 19.2. The Hall–Kier alpha value is -2.08. The highest BCUT2D eigenvalue weighted by Gasteiger charge is 2.31. The molecule has 1 aliphatic heterocycles. The maximum Gasteiger partial charge on any atom is 0.291 e. The van der Waals surface area contributed by atoms with E-state index < -0.39 is 0 Å². The molecule has 0 aliphatic carbocycles. The van der Waals surface area contributed by atoms with E-state index in [2.05, 4.69) is 36.2 Å². The molecule has 1 aliphatic rings. The van der Waals surface area contributed by atoms with Crippen LogP contribution < -0.4 is 5.32 Å². The van der Waals surface area contributed by atoms with E-state index in [4.69, 9.17) is 16.0 Å². The van der Waals surface area contributed by atoms with Crippen LogP contribution in [-0.4, -0.2) is 23.9 Å². The van der Waals surface area contributed by atoms with Crippen LogP contribution in [0.1, 0.15) is 51.0 Å². The molecule has 1 saturated heterocycles. The molecular formula is C22H23ClN2O2S. The summed E-state index contributed by atoms with van der Waals surface area (Å²) in [7, 11) is 0. The van der Waals surface area contributed by atoms with Gasteiger partial charge in [-0.25, -0.2) is 0 Å². The summed E-state index contributed by atoms with van der Waals surface area (Å²) in [4.78, 5) is 16.4. The molecule has 4 rings (SSSR count). The topological polar surface area (TPSA) is 45.5 Å². The Bertz CT molecular complexity index is 957. The molecule has 2 aromatic heterocycles. The monoisotopic (exact) mass is 414 g/mol. The van der Waals surface area contributed by atoms with Crippen LogP contribution >= 0.6 is 22.9 Å². The van der Waals surface area contributed by atoms with Gasteiger partial charge in [0, 0.05) is 15.5 Å². The number of anilines is 1. The number of nitrogens with one attached hydrogen (secondary N) is 1. The van der Waals surface area contributed by atoms with Crippen LogP contribution in [0.5, 0.6) is 0 Å². The van der Waals surface area contributed by atoms with Crippen LogP contribution in [0.4, 0.5) is 5.00 Å². The molecule has 1 fully saturated rings. The average Bonchev–Trinajstić information content (AvgIpc) is 3.43. The third kappa shape index (κ3) is 3.75. The van der Waals surface area contributed by atoms with Gasteiger partial charge in [-0.05, 0) is 75.2 Å². The quantitative estimate of drug-likeness (QED) is 0.552. The van der Waals surface area contributed by atoms with E-state index >= 15 is 0 Å². The minimum absolute atomic E-state index is 0.0941. The highest BCUT2D eigenvalue weighted by Crippen LogP contribution is 2.43. The number of halogens is 1. The van der Waals surface area contributed by atoms with Gasteiger partial charge in [-0.15, -0.1) is 11.3 Å². The third-order valence-electron chi connectivity index (χ3n) is 5.37. The van der Waals surface area contributed by atoms with Crippen molar-refractivity contribution in [1.82, 2.24) is 4.90 Å². The summed E-state index contributed by atoms with van der Waals surface area (Å²) < 4.78 is 5.27. The second-order valence-electron chi connectivity index (χ2n) is 7.15. The number of carbonyl (C=O) groups is 1. The zero-order valence-electron chi connectivity index (χ0n) is 16.0. The molecule has 1 N–H and O–H groups in total. The number of amides is 1. The van der Waals surface area contributed by atoms with Crippen molar-refractivity contribution in [2.75, 3.05) is 18.4 Å². The molecular weight excluding hydrogens is 392 g/mol. The summed E-state index contributed by atoms with van der Waals surface area (Å²) in [5.41, 5.74) is 3.60. The molecule has 6 heteroatoms. The molecule has 0 saturated carbocycles. The van der Waals surface area contributed by atoms with Crippen molar-refractivity contribution >= 4 is 33.8 Å². The van der Waals surface area contributed by atoms with Crippen LogP contribution in [0.15, 0.2) is 47.1 Å². The van der Waals surface area contributed by atoms with Gasteiger partial charge in [-0.3, -0.25) is 9.69 Å². The zero-order chi connectivity index (χ0) is 19.7. The van der Waals surface area contributed by atoms with Gasteiger partial charge in [-0.1, -0.05) is 23.7 Å². The Labute approximate surface area is 174 Å². The van der Waals surface area contributed by atoms with Gasteiger partial charge in [0.05, 0.1) is 12.3 Å². The number of aryl methyl sites for hydroxylation is 1. The third-order valence-corrected chi connectivity index (χ3v) is 6.76. The molecule has 1 atom stereocenters. The first-order valence-corrected chi connectivity index (χ1v) is 10.7. The largest absolute Gasteiger partial charge is 0.459 e. The number of hydrogen-bond donors (Lipinski definition) is 1. The van der Waals surface area contributed by atoms with E-state index in [1.807, 2.05) is 12.1 Å². The average molecular weight is 415 g/mol. The van der Waals surface area contributed by atoms with Crippen LogP contribution in [0.2, 0.25) is 5.02 Å².